The van der Waals surface area contributed by atoms with E-state index in [2.05, 4.69) is 30.9 Å². The Bertz CT molecular complexity index is 1450. The molecule has 14 heteroatoms. The molecule has 2 aliphatic rings. The van der Waals surface area contributed by atoms with Gasteiger partial charge in [-0.3, -0.25) is 4.98 Å². The normalized spacial score (nSPS) is 19.1. The highest BCUT2D eigenvalue weighted by Gasteiger charge is 2.36. The van der Waals surface area contributed by atoms with Gasteiger partial charge in [0.1, 0.15) is 6.54 Å². The number of alkyl halides is 3. The topological polar surface area (TPSA) is 123 Å². The number of fused-ring (bicyclic) bond motifs is 3. The maximum Gasteiger partial charge on any atom is 0.408 e. The van der Waals surface area contributed by atoms with Gasteiger partial charge in [-0.05, 0) is 49.2 Å². The minimum atomic E-state index is -4.49. The summed E-state index contributed by atoms with van der Waals surface area (Å²) < 4.78 is 46.3. The Balaban J connectivity index is 1.30. The fourth-order valence-electron chi connectivity index (χ4n) is 4.69. The number of nitrogens with zero attached hydrogens (tertiary/aromatic N) is 7. The molecule has 0 spiro atoms. The van der Waals surface area contributed by atoms with Gasteiger partial charge in [-0.15, -0.1) is 5.10 Å². The molecule has 0 saturated carbocycles. The zero-order chi connectivity index (χ0) is 26.3. The second kappa shape index (κ2) is 9.52. The summed E-state index contributed by atoms with van der Waals surface area (Å²) in [5.74, 6) is 0.653. The highest BCUT2D eigenvalue weighted by atomic mass is 19.4. The third-order valence-corrected chi connectivity index (χ3v) is 6.34. The number of hydrogen-bond acceptors (Lipinski definition) is 8. The summed E-state index contributed by atoms with van der Waals surface area (Å²) in [6.45, 7) is -0.200. The molecule has 1 aromatic carbocycles. The molecule has 11 nitrogen and oxygen atoms in total. The summed E-state index contributed by atoms with van der Waals surface area (Å²) in [7, 11) is 0. The van der Waals surface area contributed by atoms with E-state index >= 15 is 0 Å². The first-order valence-electron chi connectivity index (χ1n) is 12.0. The number of aromatic nitrogens is 6. The average molecular weight is 525 g/mol. The molecule has 5 heterocycles. The lowest BCUT2D eigenvalue weighted by molar-refractivity contribution is -0.142. The van der Waals surface area contributed by atoms with E-state index in [1.54, 1.807) is 42.6 Å². The number of morpholine rings is 1. The Labute approximate surface area is 214 Å². The van der Waals surface area contributed by atoms with Crippen molar-refractivity contribution in [3.63, 3.8) is 0 Å². The van der Waals surface area contributed by atoms with Gasteiger partial charge in [0.2, 0.25) is 0 Å². The van der Waals surface area contributed by atoms with Crippen molar-refractivity contribution in [2.45, 2.75) is 37.8 Å². The van der Waals surface area contributed by atoms with Crippen LogP contribution in [-0.2, 0) is 11.3 Å². The molecule has 2 bridgehead atoms. The van der Waals surface area contributed by atoms with Crippen LogP contribution in [0.1, 0.15) is 12.8 Å². The molecule has 2 fully saturated rings. The van der Waals surface area contributed by atoms with Crippen molar-refractivity contribution in [1.29, 1.82) is 0 Å². The lowest BCUT2D eigenvalue weighted by atomic mass is 10.2. The van der Waals surface area contributed by atoms with E-state index in [0.29, 0.717) is 35.8 Å². The highest BCUT2D eigenvalue weighted by Crippen LogP contribution is 2.33. The fourth-order valence-corrected chi connectivity index (χ4v) is 4.69. The van der Waals surface area contributed by atoms with Crippen LogP contribution in [0.25, 0.3) is 22.6 Å². The molecule has 2 aliphatic heterocycles. The number of ether oxygens (including phenoxy) is 1. The zero-order valence-corrected chi connectivity index (χ0v) is 19.9. The van der Waals surface area contributed by atoms with Crippen LogP contribution in [0.5, 0.6) is 0 Å². The average Bonchev–Trinajstić information content (AvgIpc) is 3.45. The monoisotopic (exact) mass is 525 g/mol. The molecule has 0 aliphatic carbocycles. The summed E-state index contributed by atoms with van der Waals surface area (Å²) in [6.07, 6.45) is 0.547. The molecular formula is C24H22F3N9O2. The van der Waals surface area contributed by atoms with Gasteiger partial charge in [-0.25, -0.2) is 19.4 Å². The van der Waals surface area contributed by atoms with Crippen LogP contribution >= 0.6 is 0 Å². The Kier molecular flexibility index (Phi) is 6.02. The Morgan fingerprint density at radius 3 is 2.45 bits per heavy atom. The molecule has 4 aromatic rings. The lowest BCUT2D eigenvalue weighted by Gasteiger charge is -2.33. The van der Waals surface area contributed by atoms with Crippen molar-refractivity contribution < 1.29 is 22.7 Å². The number of amides is 2. The van der Waals surface area contributed by atoms with Crippen LogP contribution in [0.2, 0.25) is 0 Å². The third kappa shape index (κ3) is 5.07. The van der Waals surface area contributed by atoms with Gasteiger partial charge in [-0.1, -0.05) is 5.21 Å². The second-order valence-electron chi connectivity index (χ2n) is 9.17. The number of hydrogen-bond donors (Lipinski definition) is 2. The maximum atomic E-state index is 13.2. The lowest BCUT2D eigenvalue weighted by Crippen LogP contribution is -2.43. The molecule has 2 N–H and O–H groups in total. The van der Waals surface area contributed by atoms with Gasteiger partial charge in [0.15, 0.2) is 22.8 Å². The number of halogens is 3. The first kappa shape index (κ1) is 24.0. The molecule has 38 heavy (non-hydrogen) atoms. The first-order chi connectivity index (χ1) is 18.3. The Morgan fingerprint density at radius 1 is 1.03 bits per heavy atom. The van der Waals surface area contributed by atoms with E-state index < -0.39 is 18.8 Å². The van der Waals surface area contributed by atoms with E-state index in [4.69, 9.17) is 9.72 Å². The number of rotatable bonds is 5. The van der Waals surface area contributed by atoms with Gasteiger partial charge in [0.25, 0.3) is 0 Å². The third-order valence-electron chi connectivity index (χ3n) is 6.34. The molecule has 6 rings (SSSR count). The number of benzene rings is 1. The van der Waals surface area contributed by atoms with E-state index in [-0.39, 0.29) is 29.2 Å². The maximum absolute atomic E-state index is 13.2. The first-order valence-corrected chi connectivity index (χ1v) is 12.0. The zero-order valence-electron chi connectivity index (χ0n) is 19.9. The smallest absolute Gasteiger partial charge is 0.371 e. The molecule has 2 unspecified atom stereocenters. The Morgan fingerprint density at radius 2 is 1.76 bits per heavy atom. The van der Waals surface area contributed by atoms with Gasteiger partial charge in [0, 0.05) is 30.5 Å². The predicted octanol–water partition coefficient (Wildman–Crippen LogP) is 3.86. The van der Waals surface area contributed by atoms with Crippen molar-refractivity contribution in [2.75, 3.05) is 28.6 Å². The number of anilines is 3. The van der Waals surface area contributed by atoms with Crippen LogP contribution < -0.4 is 15.5 Å². The standard InChI is InChI=1S/C24H22F3N9O2/c25-24(26,27)13-36-22-19(33-34-36)21(35-11-17-7-8-18(12-35)38-17)31-20(32-22)14-3-5-15(6-4-14)29-23(37)30-16-2-1-9-28-10-16/h1-6,9-10,17-18H,7-8,11-13H2,(H2,29,30,37). The molecule has 2 amide bonds. The predicted molar refractivity (Wildman–Crippen MR) is 132 cm³/mol. The van der Waals surface area contributed by atoms with E-state index in [9.17, 15) is 18.0 Å². The number of carbonyl (C=O) groups is 1. The fraction of sp³-hybridized carbons (Fsp3) is 0.333. The minimum Gasteiger partial charge on any atom is -0.371 e. The molecule has 0 radical (unpaired) electrons. The van der Waals surface area contributed by atoms with E-state index in [0.717, 1.165) is 17.5 Å². The van der Waals surface area contributed by atoms with Crippen LogP contribution in [0.4, 0.5) is 35.2 Å². The number of urea groups is 1. The van der Waals surface area contributed by atoms with Gasteiger partial charge in [-0.2, -0.15) is 13.2 Å². The van der Waals surface area contributed by atoms with Crippen molar-refractivity contribution in [3.8, 4) is 11.4 Å². The summed E-state index contributed by atoms with van der Waals surface area (Å²) in [5.41, 5.74) is 1.81. The molecule has 2 atom stereocenters. The summed E-state index contributed by atoms with van der Waals surface area (Å²) in [5, 5.41) is 13.1. The number of nitrogens with one attached hydrogen (secondary N) is 2. The summed E-state index contributed by atoms with van der Waals surface area (Å²) >= 11 is 0. The second-order valence-corrected chi connectivity index (χ2v) is 9.17. The van der Waals surface area contributed by atoms with Crippen molar-refractivity contribution in [1.82, 2.24) is 29.9 Å². The highest BCUT2D eigenvalue weighted by molar-refractivity contribution is 5.99. The van der Waals surface area contributed by atoms with Crippen LogP contribution in [0.15, 0.2) is 48.8 Å². The number of pyridine rings is 1. The van der Waals surface area contributed by atoms with Crippen molar-refractivity contribution >= 4 is 34.4 Å². The largest absolute Gasteiger partial charge is 0.408 e. The van der Waals surface area contributed by atoms with Crippen LogP contribution in [0, 0.1) is 0 Å². The van der Waals surface area contributed by atoms with Crippen molar-refractivity contribution in [2.24, 2.45) is 0 Å². The minimum absolute atomic E-state index is 0.000728. The number of carbonyl (C=O) groups excluding carboxylic acids is 1. The van der Waals surface area contributed by atoms with Crippen LogP contribution in [-0.4, -0.2) is 67.5 Å². The van der Waals surface area contributed by atoms with Crippen LogP contribution in [0.3, 0.4) is 0 Å². The van der Waals surface area contributed by atoms with E-state index in [1.165, 1.54) is 6.20 Å². The van der Waals surface area contributed by atoms with Crippen molar-refractivity contribution in [3.05, 3.63) is 48.8 Å². The summed E-state index contributed by atoms with van der Waals surface area (Å²) in [6, 6.07) is 9.65. The quantitative estimate of drug-likeness (QED) is 0.403. The summed E-state index contributed by atoms with van der Waals surface area (Å²) in [4.78, 5) is 27.3. The molecule has 3 aromatic heterocycles. The SMILES string of the molecule is O=C(Nc1ccc(-c2nc(N3CC4CCC(C3)O4)c3nnn(CC(F)(F)F)c3n2)cc1)Nc1cccnc1. The van der Waals surface area contributed by atoms with E-state index in [1.807, 2.05) is 4.90 Å². The van der Waals surface area contributed by atoms with Gasteiger partial charge < -0.3 is 20.3 Å². The molecular weight excluding hydrogens is 503 g/mol. The van der Waals surface area contributed by atoms with Gasteiger partial charge >= 0.3 is 12.2 Å². The van der Waals surface area contributed by atoms with Gasteiger partial charge in [0.05, 0.1) is 24.1 Å². The molecule has 196 valence electrons. The molecule has 2 saturated heterocycles. The Hall–Kier alpha value is -4.33.